The molecule has 2 fully saturated rings. The predicted molar refractivity (Wildman–Crippen MR) is 149 cm³/mol. The predicted octanol–water partition coefficient (Wildman–Crippen LogP) is 3.20. The first kappa shape index (κ1) is 29.5. The molecule has 2 saturated heterocycles. The summed E-state index contributed by atoms with van der Waals surface area (Å²) in [6, 6.07) is 5.50. The van der Waals surface area contributed by atoms with Gasteiger partial charge >= 0.3 is 0 Å². The standard InChI is InChI=1S/C26H28ClFN4O7S2/c1-38-25-19(32-8-3-2-4-24(32)34)10-15(28)11-22(25)41(36,37)30-18(26(35)31-9-7-17(33)14-31)12-16-13-20(39-29-16)21-5-6-23(27)40-21/h5-6,10-11,13,17-18,30,33H,2-4,7-9,12,14H2,1H3/t17?,18-/m0/s1. The number of likely N-dealkylation sites (tertiary alicyclic amines) is 1. The smallest absolute Gasteiger partial charge is 0.245 e. The van der Waals surface area contributed by atoms with E-state index in [-0.39, 0.29) is 55.5 Å². The number of nitrogens with zero attached hydrogens (tertiary/aromatic N) is 3. The van der Waals surface area contributed by atoms with Gasteiger partial charge in [0.15, 0.2) is 11.5 Å². The maximum atomic E-state index is 14.8. The second-order valence-corrected chi connectivity index (χ2v) is 13.2. The maximum Gasteiger partial charge on any atom is 0.245 e. The summed E-state index contributed by atoms with van der Waals surface area (Å²) >= 11 is 7.28. The van der Waals surface area contributed by atoms with Gasteiger partial charge in [0.1, 0.15) is 16.8 Å². The number of nitrogens with one attached hydrogen (secondary N) is 1. The van der Waals surface area contributed by atoms with Crippen LogP contribution in [0, 0.1) is 5.82 Å². The van der Waals surface area contributed by atoms with Crippen molar-refractivity contribution >= 4 is 50.5 Å². The molecular formula is C26H28ClFN4O7S2. The van der Waals surface area contributed by atoms with Gasteiger partial charge in [0, 0.05) is 44.6 Å². The van der Waals surface area contributed by atoms with Crippen molar-refractivity contribution in [1.82, 2.24) is 14.8 Å². The Hall–Kier alpha value is -3.04. The van der Waals surface area contributed by atoms with Crippen molar-refractivity contribution < 1.29 is 36.8 Å². The molecule has 11 nitrogen and oxygen atoms in total. The largest absolute Gasteiger partial charge is 0.493 e. The molecular weight excluding hydrogens is 599 g/mol. The van der Waals surface area contributed by atoms with Crippen LogP contribution in [0.1, 0.15) is 31.4 Å². The number of piperidine rings is 1. The number of aliphatic hydroxyl groups excluding tert-OH is 1. The molecule has 0 bridgehead atoms. The van der Waals surface area contributed by atoms with Gasteiger partial charge in [-0.2, -0.15) is 4.72 Å². The van der Waals surface area contributed by atoms with E-state index in [1.165, 1.54) is 28.2 Å². The Balaban J connectivity index is 1.48. The van der Waals surface area contributed by atoms with Crippen molar-refractivity contribution in [2.24, 2.45) is 0 Å². The number of halogens is 2. The molecule has 0 saturated carbocycles. The average Bonchev–Trinajstić information content (AvgIpc) is 3.69. The van der Waals surface area contributed by atoms with E-state index in [2.05, 4.69) is 9.88 Å². The van der Waals surface area contributed by atoms with Crippen LogP contribution in [0.4, 0.5) is 10.1 Å². The summed E-state index contributed by atoms with van der Waals surface area (Å²) in [6.45, 7) is 0.563. The van der Waals surface area contributed by atoms with Crippen LogP contribution in [0.25, 0.3) is 10.6 Å². The zero-order valence-electron chi connectivity index (χ0n) is 22.0. The number of hydrogen-bond acceptors (Lipinski definition) is 9. The van der Waals surface area contributed by atoms with Gasteiger partial charge in [-0.1, -0.05) is 16.8 Å². The first-order chi connectivity index (χ1) is 19.6. The van der Waals surface area contributed by atoms with Gasteiger partial charge in [-0.15, -0.1) is 11.3 Å². The number of hydrogen-bond donors (Lipinski definition) is 2. The number of aliphatic hydroxyl groups is 1. The number of aromatic nitrogens is 1. The SMILES string of the molecule is COc1c(N2CCCCC2=O)cc(F)cc1S(=O)(=O)N[C@@H](Cc1cc(-c2ccc(Cl)s2)on1)C(=O)N1CCC(O)C1. The maximum absolute atomic E-state index is 14.8. The second-order valence-electron chi connectivity index (χ2n) is 9.85. The number of β-amino-alcohol motifs (C(OH)–C–C–N with tert-alkyl or cyclic N) is 1. The number of sulfonamides is 1. The molecule has 3 aromatic rings. The number of rotatable bonds is 9. The highest BCUT2D eigenvalue weighted by Crippen LogP contribution is 2.38. The molecule has 2 aliphatic heterocycles. The van der Waals surface area contributed by atoms with Crippen LogP contribution < -0.4 is 14.4 Å². The van der Waals surface area contributed by atoms with Crippen LogP contribution in [0.5, 0.6) is 5.75 Å². The molecule has 220 valence electrons. The third-order valence-corrected chi connectivity index (χ3v) is 9.69. The zero-order chi connectivity index (χ0) is 29.3. The Morgan fingerprint density at radius 3 is 2.78 bits per heavy atom. The van der Waals surface area contributed by atoms with E-state index in [9.17, 15) is 27.5 Å². The van der Waals surface area contributed by atoms with Gasteiger partial charge in [0.05, 0.1) is 33.8 Å². The van der Waals surface area contributed by atoms with Crippen molar-refractivity contribution in [2.45, 2.75) is 49.1 Å². The molecule has 5 rings (SSSR count). The molecule has 2 aromatic heterocycles. The topological polar surface area (TPSA) is 142 Å². The quantitative estimate of drug-likeness (QED) is 0.369. The monoisotopic (exact) mass is 626 g/mol. The Labute approximate surface area is 244 Å². The molecule has 1 unspecified atom stereocenters. The Bertz CT molecular complexity index is 1560. The molecule has 2 atom stereocenters. The minimum absolute atomic E-state index is 0.00105. The van der Waals surface area contributed by atoms with Crippen LogP contribution in [-0.2, 0) is 26.0 Å². The molecule has 1 aromatic carbocycles. The Morgan fingerprint density at radius 1 is 1.32 bits per heavy atom. The summed E-state index contributed by atoms with van der Waals surface area (Å²) in [5.74, 6) is -1.57. The van der Waals surface area contributed by atoms with E-state index >= 15 is 0 Å². The van der Waals surface area contributed by atoms with Gasteiger partial charge in [-0.05, 0) is 37.5 Å². The van der Waals surface area contributed by atoms with E-state index < -0.39 is 38.8 Å². The lowest BCUT2D eigenvalue weighted by atomic mass is 10.1. The molecule has 0 spiro atoms. The van der Waals surface area contributed by atoms with E-state index in [0.717, 1.165) is 12.1 Å². The van der Waals surface area contributed by atoms with Crippen LogP contribution in [0.15, 0.2) is 39.8 Å². The lowest BCUT2D eigenvalue weighted by Gasteiger charge is -2.29. The Morgan fingerprint density at radius 2 is 2.12 bits per heavy atom. The number of carbonyl (C=O) groups is 2. The fourth-order valence-electron chi connectivity index (χ4n) is 4.99. The van der Waals surface area contributed by atoms with Crippen molar-refractivity contribution in [3.63, 3.8) is 0 Å². The third-order valence-electron chi connectivity index (χ3n) is 6.97. The Kier molecular flexibility index (Phi) is 8.66. The second kappa shape index (κ2) is 12.1. The lowest BCUT2D eigenvalue weighted by Crippen LogP contribution is -2.49. The summed E-state index contributed by atoms with van der Waals surface area (Å²) < 4.78 is 56.1. The zero-order valence-corrected chi connectivity index (χ0v) is 24.4. The summed E-state index contributed by atoms with van der Waals surface area (Å²) in [7, 11) is -3.36. The summed E-state index contributed by atoms with van der Waals surface area (Å²) in [5, 5.41) is 14.0. The molecule has 4 heterocycles. The molecule has 2 aliphatic rings. The van der Waals surface area contributed by atoms with E-state index in [4.69, 9.17) is 20.9 Å². The number of amides is 2. The highest BCUT2D eigenvalue weighted by atomic mass is 35.5. The number of anilines is 1. The van der Waals surface area contributed by atoms with E-state index in [0.29, 0.717) is 34.2 Å². The fraction of sp³-hybridized carbons (Fsp3) is 0.423. The van der Waals surface area contributed by atoms with Crippen LogP contribution in [-0.4, -0.2) is 74.3 Å². The molecule has 0 radical (unpaired) electrons. The van der Waals surface area contributed by atoms with Gasteiger partial charge in [0.2, 0.25) is 21.8 Å². The van der Waals surface area contributed by atoms with Crippen molar-refractivity contribution in [1.29, 1.82) is 0 Å². The normalized spacial score (nSPS) is 18.6. The van der Waals surface area contributed by atoms with E-state index in [1.54, 1.807) is 18.2 Å². The van der Waals surface area contributed by atoms with Gasteiger partial charge < -0.3 is 24.2 Å². The molecule has 0 aliphatic carbocycles. The molecule has 2 amide bonds. The van der Waals surface area contributed by atoms with Gasteiger partial charge in [-0.3, -0.25) is 9.59 Å². The highest BCUT2D eigenvalue weighted by molar-refractivity contribution is 7.89. The lowest BCUT2D eigenvalue weighted by molar-refractivity contribution is -0.132. The summed E-state index contributed by atoms with van der Waals surface area (Å²) in [6.07, 6.45) is 1.02. The number of thiophene rings is 1. The minimum Gasteiger partial charge on any atom is -0.493 e. The van der Waals surface area contributed by atoms with Gasteiger partial charge in [-0.25, -0.2) is 12.8 Å². The molecule has 2 N–H and O–H groups in total. The number of methoxy groups -OCH3 is 1. The number of ether oxygens (including phenoxy) is 1. The molecule has 41 heavy (non-hydrogen) atoms. The minimum atomic E-state index is -4.59. The van der Waals surface area contributed by atoms with Crippen molar-refractivity contribution in [3.8, 4) is 16.4 Å². The van der Waals surface area contributed by atoms with Gasteiger partial charge in [0.25, 0.3) is 0 Å². The fourth-order valence-corrected chi connectivity index (χ4v) is 7.37. The molecule has 15 heteroatoms. The summed E-state index contributed by atoms with van der Waals surface area (Å²) in [5.41, 5.74) is 0.287. The first-order valence-corrected chi connectivity index (χ1v) is 15.6. The number of carbonyl (C=O) groups excluding carboxylic acids is 2. The van der Waals surface area contributed by atoms with Crippen molar-refractivity contribution in [2.75, 3.05) is 31.6 Å². The van der Waals surface area contributed by atoms with Crippen molar-refractivity contribution in [3.05, 3.63) is 46.2 Å². The van der Waals surface area contributed by atoms with Crippen LogP contribution >= 0.6 is 22.9 Å². The third kappa shape index (κ3) is 6.41. The highest BCUT2D eigenvalue weighted by Gasteiger charge is 2.36. The van der Waals surface area contributed by atoms with Crippen LogP contribution in [0.2, 0.25) is 4.34 Å². The van der Waals surface area contributed by atoms with E-state index in [1.807, 2.05) is 0 Å². The first-order valence-electron chi connectivity index (χ1n) is 12.9. The number of benzene rings is 1. The summed E-state index contributed by atoms with van der Waals surface area (Å²) in [4.78, 5) is 28.9. The average molecular weight is 627 g/mol. The van der Waals surface area contributed by atoms with Crippen LogP contribution in [0.3, 0.4) is 0 Å².